The zero-order valence-electron chi connectivity index (χ0n) is 17.0. The van der Waals surface area contributed by atoms with Gasteiger partial charge in [0.05, 0.1) is 5.02 Å². The number of rotatable bonds is 5. The number of fused-ring (bicyclic) bond motifs is 3. The van der Waals surface area contributed by atoms with Gasteiger partial charge in [0.1, 0.15) is 11.3 Å². The maximum absolute atomic E-state index is 12.2. The van der Waals surface area contributed by atoms with Crippen molar-refractivity contribution in [3.63, 3.8) is 0 Å². The van der Waals surface area contributed by atoms with Crippen LogP contribution < -0.4 is 21.0 Å². The second-order valence-corrected chi connectivity index (χ2v) is 8.87. The number of hydrogen-bond acceptors (Lipinski definition) is 5. The molecule has 0 saturated heterocycles. The van der Waals surface area contributed by atoms with Gasteiger partial charge in [0.15, 0.2) is 6.61 Å². The van der Waals surface area contributed by atoms with Crippen molar-refractivity contribution < 1.29 is 18.7 Å². The van der Waals surface area contributed by atoms with Crippen molar-refractivity contribution in [2.24, 2.45) is 17.8 Å². The van der Waals surface area contributed by atoms with Crippen LogP contribution in [0.25, 0.3) is 11.0 Å². The molecule has 2 fully saturated rings. The van der Waals surface area contributed by atoms with Crippen molar-refractivity contribution in [3.05, 3.63) is 39.2 Å². The van der Waals surface area contributed by atoms with Gasteiger partial charge in [0.25, 0.3) is 5.91 Å². The molecule has 2 aliphatic rings. The fourth-order valence-electron chi connectivity index (χ4n) is 4.99. The Morgan fingerprint density at radius 1 is 1.27 bits per heavy atom. The summed E-state index contributed by atoms with van der Waals surface area (Å²) in [6.07, 6.45) is 4.95. The highest BCUT2D eigenvalue weighted by molar-refractivity contribution is 6.32. The van der Waals surface area contributed by atoms with Crippen LogP contribution in [0, 0.1) is 24.7 Å². The SMILES string of the molecule is Cc1cc(=O)oc2cc(OCC(=O)NC(=O)N[C@@H](C)[C@H]3C[C@@H]4CC[C@@H]3C4)c(Cl)cc12. The van der Waals surface area contributed by atoms with E-state index in [1.807, 2.05) is 6.92 Å². The summed E-state index contributed by atoms with van der Waals surface area (Å²) >= 11 is 6.22. The predicted octanol–water partition coefficient (Wildman–Crippen LogP) is 3.78. The number of carbonyl (C=O) groups excluding carboxylic acids is 2. The van der Waals surface area contributed by atoms with E-state index in [-0.39, 0.29) is 16.8 Å². The lowest BCUT2D eigenvalue weighted by Crippen LogP contribution is -2.48. The first kappa shape index (κ1) is 20.7. The van der Waals surface area contributed by atoms with Crippen LogP contribution in [0.2, 0.25) is 5.02 Å². The topological polar surface area (TPSA) is 97.6 Å². The molecule has 3 amide bonds. The molecule has 2 aliphatic carbocycles. The summed E-state index contributed by atoms with van der Waals surface area (Å²) in [6, 6.07) is 3.96. The van der Waals surface area contributed by atoms with Crippen molar-refractivity contribution in [2.75, 3.05) is 6.61 Å². The number of nitrogens with one attached hydrogen (secondary N) is 2. The normalized spacial score (nSPS) is 23.4. The number of urea groups is 1. The molecule has 160 valence electrons. The van der Waals surface area contributed by atoms with Crippen LogP contribution in [0.4, 0.5) is 4.79 Å². The Balaban J connectivity index is 1.31. The van der Waals surface area contributed by atoms with E-state index >= 15 is 0 Å². The summed E-state index contributed by atoms with van der Waals surface area (Å²) in [5.41, 5.74) is 0.568. The van der Waals surface area contributed by atoms with Crippen LogP contribution in [0.3, 0.4) is 0 Å². The molecule has 2 aromatic rings. The third kappa shape index (κ3) is 4.31. The molecule has 0 unspecified atom stereocenters. The number of imide groups is 1. The molecule has 2 bridgehead atoms. The van der Waals surface area contributed by atoms with E-state index in [9.17, 15) is 14.4 Å². The van der Waals surface area contributed by atoms with Gasteiger partial charge in [-0.1, -0.05) is 18.0 Å². The molecule has 0 aliphatic heterocycles. The van der Waals surface area contributed by atoms with E-state index in [0.29, 0.717) is 22.8 Å². The third-order valence-electron chi connectivity index (χ3n) is 6.41. The summed E-state index contributed by atoms with van der Waals surface area (Å²) in [5, 5.41) is 6.14. The van der Waals surface area contributed by atoms with E-state index in [2.05, 4.69) is 10.6 Å². The fraction of sp³-hybridized carbons (Fsp3) is 0.500. The highest BCUT2D eigenvalue weighted by Crippen LogP contribution is 2.49. The van der Waals surface area contributed by atoms with Gasteiger partial charge in [-0.25, -0.2) is 9.59 Å². The number of carbonyl (C=O) groups is 2. The van der Waals surface area contributed by atoms with Crippen molar-refractivity contribution in [2.45, 2.75) is 45.6 Å². The Bertz CT molecular complexity index is 1050. The average Bonchev–Trinajstić information content (AvgIpc) is 3.30. The van der Waals surface area contributed by atoms with Crippen LogP contribution in [0.15, 0.2) is 27.4 Å². The van der Waals surface area contributed by atoms with Crippen molar-refractivity contribution in [1.29, 1.82) is 0 Å². The lowest BCUT2D eigenvalue weighted by atomic mass is 9.84. The van der Waals surface area contributed by atoms with Gasteiger partial charge in [-0.3, -0.25) is 10.1 Å². The molecule has 7 nitrogen and oxygen atoms in total. The standard InChI is InChI=1S/C22H25ClN2O5/c1-11-5-21(27)30-18-9-19(17(23)8-15(11)18)29-10-20(26)25-22(28)24-12(2)16-7-13-3-4-14(16)6-13/h5,8-9,12-14,16H,3-4,6-7,10H2,1-2H3,(H2,24,25,26,28)/t12-,13+,14+,16+/m0/s1. The number of ether oxygens (including phenoxy) is 1. The molecule has 1 aromatic heterocycles. The van der Waals surface area contributed by atoms with Gasteiger partial charge in [0.2, 0.25) is 0 Å². The van der Waals surface area contributed by atoms with Gasteiger partial charge in [0, 0.05) is 23.6 Å². The van der Waals surface area contributed by atoms with Gasteiger partial charge >= 0.3 is 11.7 Å². The second kappa shape index (κ2) is 8.30. The Morgan fingerprint density at radius 3 is 2.77 bits per heavy atom. The van der Waals surface area contributed by atoms with Gasteiger partial charge in [-0.05, 0) is 62.5 Å². The molecule has 2 N–H and O–H groups in total. The molecule has 0 spiro atoms. The van der Waals surface area contributed by atoms with Crippen molar-refractivity contribution >= 4 is 34.5 Å². The third-order valence-corrected chi connectivity index (χ3v) is 6.70. The minimum atomic E-state index is -0.588. The Hall–Kier alpha value is -2.54. The van der Waals surface area contributed by atoms with Crippen LogP contribution in [0.5, 0.6) is 5.75 Å². The maximum Gasteiger partial charge on any atom is 0.336 e. The first-order valence-electron chi connectivity index (χ1n) is 10.3. The largest absolute Gasteiger partial charge is 0.482 e. The summed E-state index contributed by atoms with van der Waals surface area (Å²) in [7, 11) is 0. The number of aryl methyl sites for hydroxylation is 1. The Kier molecular flexibility index (Phi) is 5.73. The molecule has 1 heterocycles. The molecular weight excluding hydrogens is 408 g/mol. The van der Waals surface area contributed by atoms with Crippen molar-refractivity contribution in [1.82, 2.24) is 10.6 Å². The predicted molar refractivity (Wildman–Crippen MR) is 113 cm³/mol. The number of hydrogen-bond donors (Lipinski definition) is 2. The van der Waals surface area contributed by atoms with Crippen LogP contribution >= 0.6 is 11.6 Å². The molecule has 4 rings (SSSR count). The summed E-state index contributed by atoms with van der Waals surface area (Å²) in [4.78, 5) is 35.9. The van der Waals surface area contributed by atoms with Crippen LogP contribution in [-0.4, -0.2) is 24.6 Å². The lowest BCUT2D eigenvalue weighted by Gasteiger charge is -2.28. The highest BCUT2D eigenvalue weighted by atomic mass is 35.5. The Labute approximate surface area is 179 Å². The number of benzene rings is 1. The van der Waals surface area contributed by atoms with Crippen LogP contribution in [0.1, 0.15) is 38.2 Å². The average molecular weight is 433 g/mol. The monoisotopic (exact) mass is 432 g/mol. The first-order chi connectivity index (χ1) is 14.3. The molecule has 2 saturated carbocycles. The van der Waals surface area contributed by atoms with E-state index in [0.717, 1.165) is 17.9 Å². The number of halogens is 1. The zero-order valence-corrected chi connectivity index (χ0v) is 17.8. The van der Waals surface area contributed by atoms with Gasteiger partial charge < -0.3 is 14.5 Å². The van der Waals surface area contributed by atoms with Gasteiger partial charge in [-0.2, -0.15) is 0 Å². The minimum Gasteiger partial charge on any atom is -0.482 e. The second-order valence-electron chi connectivity index (χ2n) is 8.46. The molecule has 0 radical (unpaired) electrons. The van der Waals surface area contributed by atoms with E-state index < -0.39 is 24.2 Å². The quantitative estimate of drug-likeness (QED) is 0.700. The summed E-state index contributed by atoms with van der Waals surface area (Å²) in [6.45, 7) is 3.38. The molecular formula is C22H25ClN2O5. The van der Waals surface area contributed by atoms with E-state index in [4.69, 9.17) is 20.8 Å². The summed E-state index contributed by atoms with van der Waals surface area (Å²) < 4.78 is 10.6. The fourth-order valence-corrected chi connectivity index (χ4v) is 5.21. The number of amides is 3. The lowest BCUT2D eigenvalue weighted by molar-refractivity contribution is -0.122. The summed E-state index contributed by atoms with van der Waals surface area (Å²) in [5.74, 6) is 1.57. The molecule has 30 heavy (non-hydrogen) atoms. The first-order valence-corrected chi connectivity index (χ1v) is 10.6. The maximum atomic E-state index is 12.2. The smallest absolute Gasteiger partial charge is 0.336 e. The molecule has 1 aromatic carbocycles. The van der Waals surface area contributed by atoms with E-state index in [1.165, 1.54) is 31.4 Å². The zero-order chi connectivity index (χ0) is 21.4. The van der Waals surface area contributed by atoms with Crippen LogP contribution in [-0.2, 0) is 4.79 Å². The minimum absolute atomic E-state index is 0.0232. The Morgan fingerprint density at radius 2 is 2.07 bits per heavy atom. The molecule has 4 atom stereocenters. The van der Waals surface area contributed by atoms with E-state index in [1.54, 1.807) is 13.0 Å². The highest BCUT2D eigenvalue weighted by Gasteiger charge is 2.42. The van der Waals surface area contributed by atoms with Gasteiger partial charge in [-0.15, -0.1) is 0 Å². The van der Waals surface area contributed by atoms with Crippen molar-refractivity contribution in [3.8, 4) is 5.75 Å². The molecule has 8 heteroatoms.